The number of ether oxygens (including phenoxy) is 1. The third-order valence-electron chi connectivity index (χ3n) is 5.60. The van der Waals surface area contributed by atoms with Crippen molar-refractivity contribution in [2.75, 3.05) is 50.5 Å². The number of anilines is 1. The average molecular weight is 510 g/mol. The number of benzene rings is 2. The van der Waals surface area contributed by atoms with Crippen LogP contribution in [0.1, 0.15) is 21.5 Å². The Hall–Kier alpha value is -2.04. The summed E-state index contributed by atoms with van der Waals surface area (Å²) in [4.78, 5) is 22.4. The van der Waals surface area contributed by atoms with Gasteiger partial charge in [0.15, 0.2) is 15.0 Å². The Labute approximate surface area is 204 Å². The molecule has 33 heavy (non-hydrogen) atoms. The summed E-state index contributed by atoms with van der Waals surface area (Å²) in [7, 11) is -3.44. The van der Waals surface area contributed by atoms with Crippen LogP contribution in [0.3, 0.4) is 0 Å². The normalized spacial score (nSPS) is 14.8. The quantitative estimate of drug-likeness (QED) is 0.504. The summed E-state index contributed by atoms with van der Waals surface area (Å²) in [5.74, 6) is -0.129. The minimum atomic E-state index is -3.44. The molecule has 4 rings (SSSR count). The SMILES string of the molecule is Cc1ccc(C(=O)N(CCN2CCOCC2)c2nc3c(S(C)(=O)=O)cccc3s2)c(C)c1.Cl. The molecular weight excluding hydrogens is 482 g/mol. The lowest BCUT2D eigenvalue weighted by Gasteiger charge is -2.29. The van der Waals surface area contributed by atoms with Crippen molar-refractivity contribution in [1.82, 2.24) is 9.88 Å². The molecule has 0 radical (unpaired) electrons. The zero-order chi connectivity index (χ0) is 22.9. The van der Waals surface area contributed by atoms with Crippen molar-refractivity contribution in [3.8, 4) is 0 Å². The van der Waals surface area contributed by atoms with E-state index in [0.29, 0.717) is 42.5 Å². The number of fused-ring (bicyclic) bond motifs is 1. The Morgan fingerprint density at radius 3 is 2.58 bits per heavy atom. The van der Waals surface area contributed by atoms with Gasteiger partial charge in [0.25, 0.3) is 5.91 Å². The third kappa shape index (κ3) is 5.73. The molecule has 1 amide bonds. The number of sulfone groups is 1. The van der Waals surface area contributed by atoms with Crippen LogP contribution in [-0.4, -0.2) is 69.9 Å². The molecule has 0 atom stereocenters. The molecule has 2 heterocycles. The summed E-state index contributed by atoms with van der Waals surface area (Å²) < 4.78 is 30.7. The molecule has 10 heteroatoms. The highest BCUT2D eigenvalue weighted by Crippen LogP contribution is 2.33. The number of hydrogen-bond acceptors (Lipinski definition) is 7. The Morgan fingerprint density at radius 2 is 1.91 bits per heavy atom. The van der Waals surface area contributed by atoms with Crippen LogP contribution in [0, 0.1) is 13.8 Å². The summed E-state index contributed by atoms with van der Waals surface area (Å²) in [6.07, 6.45) is 1.18. The highest BCUT2D eigenvalue weighted by molar-refractivity contribution is 7.91. The fourth-order valence-corrected chi connectivity index (χ4v) is 5.79. The van der Waals surface area contributed by atoms with Gasteiger partial charge in [0.1, 0.15) is 5.52 Å². The molecule has 1 saturated heterocycles. The second kappa shape index (κ2) is 10.5. The van der Waals surface area contributed by atoms with Crippen molar-refractivity contribution in [2.45, 2.75) is 18.7 Å². The van der Waals surface area contributed by atoms with Gasteiger partial charge in [-0.05, 0) is 37.6 Å². The monoisotopic (exact) mass is 509 g/mol. The molecule has 0 aliphatic carbocycles. The van der Waals surface area contributed by atoms with Crippen LogP contribution in [0.5, 0.6) is 0 Å². The van der Waals surface area contributed by atoms with Gasteiger partial charge in [-0.1, -0.05) is 35.1 Å². The number of rotatable bonds is 6. The van der Waals surface area contributed by atoms with Gasteiger partial charge in [-0.25, -0.2) is 13.4 Å². The highest BCUT2D eigenvalue weighted by atomic mass is 35.5. The van der Waals surface area contributed by atoms with Crippen LogP contribution in [0.2, 0.25) is 0 Å². The predicted octanol–water partition coefficient (Wildman–Crippen LogP) is 3.72. The van der Waals surface area contributed by atoms with E-state index in [9.17, 15) is 13.2 Å². The number of carbonyl (C=O) groups is 1. The summed E-state index contributed by atoms with van der Waals surface area (Å²) in [5, 5.41) is 0.509. The van der Waals surface area contributed by atoms with Crippen molar-refractivity contribution >= 4 is 54.8 Å². The molecule has 1 aliphatic rings. The first kappa shape index (κ1) is 25.6. The molecule has 178 valence electrons. The molecule has 1 aromatic heterocycles. The van der Waals surface area contributed by atoms with Crippen LogP contribution in [0.15, 0.2) is 41.3 Å². The Morgan fingerprint density at radius 1 is 1.18 bits per heavy atom. The number of thiazole rings is 1. The van der Waals surface area contributed by atoms with Gasteiger partial charge in [0.2, 0.25) is 0 Å². The molecule has 2 aromatic carbocycles. The van der Waals surface area contributed by atoms with E-state index >= 15 is 0 Å². The van der Waals surface area contributed by atoms with Crippen molar-refractivity contribution < 1.29 is 17.9 Å². The summed E-state index contributed by atoms with van der Waals surface area (Å²) in [6.45, 7) is 8.09. The largest absolute Gasteiger partial charge is 0.379 e. The fraction of sp³-hybridized carbons (Fsp3) is 0.391. The Balaban J connectivity index is 0.00000306. The van der Waals surface area contributed by atoms with Crippen LogP contribution >= 0.6 is 23.7 Å². The van der Waals surface area contributed by atoms with Gasteiger partial charge >= 0.3 is 0 Å². The predicted molar refractivity (Wildman–Crippen MR) is 135 cm³/mol. The lowest BCUT2D eigenvalue weighted by atomic mass is 10.0. The second-order valence-corrected chi connectivity index (χ2v) is 11.1. The van der Waals surface area contributed by atoms with Gasteiger partial charge in [0, 0.05) is 38.0 Å². The maximum atomic E-state index is 13.6. The Bertz CT molecular complexity index is 1250. The van der Waals surface area contributed by atoms with Crippen molar-refractivity contribution in [2.24, 2.45) is 0 Å². The number of morpholine rings is 1. The van der Waals surface area contributed by atoms with E-state index in [1.165, 1.54) is 17.6 Å². The average Bonchev–Trinajstić information content (AvgIpc) is 3.17. The number of aryl methyl sites for hydroxylation is 2. The van der Waals surface area contributed by atoms with Crippen LogP contribution < -0.4 is 4.90 Å². The maximum Gasteiger partial charge on any atom is 0.260 e. The first-order valence-corrected chi connectivity index (χ1v) is 13.2. The van der Waals surface area contributed by atoms with Gasteiger partial charge in [-0.2, -0.15) is 0 Å². The topological polar surface area (TPSA) is 79.8 Å². The molecule has 0 bridgehead atoms. The summed E-state index contributed by atoms with van der Waals surface area (Å²) in [6, 6.07) is 10.9. The lowest BCUT2D eigenvalue weighted by Crippen LogP contribution is -2.43. The molecular formula is C23H28ClN3O4S2. The summed E-state index contributed by atoms with van der Waals surface area (Å²) >= 11 is 1.34. The minimum absolute atomic E-state index is 0. The minimum Gasteiger partial charge on any atom is -0.379 e. The molecule has 0 N–H and O–H groups in total. The van der Waals surface area contributed by atoms with Crippen LogP contribution in [-0.2, 0) is 14.6 Å². The van der Waals surface area contributed by atoms with Gasteiger partial charge < -0.3 is 4.74 Å². The standard InChI is InChI=1S/C23H27N3O4S2.ClH/c1-16-7-8-18(17(2)15-16)22(27)26(10-9-25-11-13-30-14-12-25)23-24-21-19(31-23)5-4-6-20(21)32(3,28)29;/h4-8,15H,9-14H2,1-3H3;1H. The molecule has 1 fully saturated rings. The van der Waals surface area contributed by atoms with E-state index in [2.05, 4.69) is 9.88 Å². The van der Waals surface area contributed by atoms with Crippen LogP contribution in [0.25, 0.3) is 10.2 Å². The first-order chi connectivity index (χ1) is 15.2. The molecule has 7 nitrogen and oxygen atoms in total. The van der Waals surface area contributed by atoms with E-state index in [-0.39, 0.29) is 23.2 Å². The smallest absolute Gasteiger partial charge is 0.260 e. The number of nitrogens with zero attached hydrogens (tertiary/aromatic N) is 3. The summed E-state index contributed by atoms with van der Waals surface area (Å²) in [5.41, 5.74) is 3.04. The maximum absolute atomic E-state index is 13.6. The number of halogens is 1. The van der Waals surface area contributed by atoms with E-state index in [1.54, 1.807) is 17.0 Å². The van der Waals surface area contributed by atoms with E-state index in [4.69, 9.17) is 4.74 Å². The lowest BCUT2D eigenvalue weighted by molar-refractivity contribution is 0.0391. The highest BCUT2D eigenvalue weighted by Gasteiger charge is 2.25. The molecule has 0 spiro atoms. The third-order valence-corrected chi connectivity index (χ3v) is 7.77. The molecule has 0 unspecified atom stereocenters. The molecule has 1 aliphatic heterocycles. The van der Waals surface area contributed by atoms with Gasteiger partial charge in [-0.3, -0.25) is 14.6 Å². The van der Waals surface area contributed by atoms with Crippen LogP contribution in [0.4, 0.5) is 5.13 Å². The first-order valence-electron chi connectivity index (χ1n) is 10.5. The molecule has 0 saturated carbocycles. The number of carbonyl (C=O) groups excluding carboxylic acids is 1. The molecule has 3 aromatic rings. The van der Waals surface area contributed by atoms with E-state index in [1.807, 2.05) is 38.1 Å². The van der Waals surface area contributed by atoms with Gasteiger partial charge in [0.05, 0.1) is 22.8 Å². The van der Waals surface area contributed by atoms with Crippen molar-refractivity contribution in [3.63, 3.8) is 0 Å². The van der Waals surface area contributed by atoms with E-state index in [0.717, 1.165) is 28.9 Å². The number of aromatic nitrogens is 1. The second-order valence-electron chi connectivity index (χ2n) is 8.10. The fourth-order valence-electron chi connectivity index (χ4n) is 3.88. The Kier molecular flexibility index (Phi) is 8.13. The van der Waals surface area contributed by atoms with Crippen molar-refractivity contribution in [3.05, 3.63) is 53.1 Å². The van der Waals surface area contributed by atoms with Gasteiger partial charge in [-0.15, -0.1) is 12.4 Å². The van der Waals surface area contributed by atoms with E-state index < -0.39 is 9.84 Å². The number of amides is 1. The number of para-hydroxylation sites is 1. The van der Waals surface area contributed by atoms with Crippen molar-refractivity contribution in [1.29, 1.82) is 0 Å². The zero-order valence-electron chi connectivity index (χ0n) is 18.9. The zero-order valence-corrected chi connectivity index (χ0v) is 21.4. The number of hydrogen-bond donors (Lipinski definition) is 0.